The van der Waals surface area contributed by atoms with E-state index in [1.165, 1.54) is 20.3 Å². The van der Waals surface area contributed by atoms with E-state index in [1.807, 2.05) is 17.0 Å². The SMILES string of the molecule is COc1cc(F)c(CN2C[C@H](C(=O)O)[C@@H](c3ccccn3)C2)cc1OC. The van der Waals surface area contributed by atoms with Gasteiger partial charge in [0.15, 0.2) is 11.5 Å². The first-order valence-electron chi connectivity index (χ1n) is 8.30. The number of pyridine rings is 1. The smallest absolute Gasteiger partial charge is 0.308 e. The van der Waals surface area contributed by atoms with Crippen LogP contribution in [-0.2, 0) is 11.3 Å². The number of rotatable bonds is 6. The number of carboxylic acid groups (broad SMARTS) is 1. The molecule has 1 saturated heterocycles. The molecule has 1 fully saturated rings. The number of benzene rings is 1. The maximum absolute atomic E-state index is 14.4. The van der Waals surface area contributed by atoms with Crippen LogP contribution in [-0.4, -0.2) is 48.3 Å². The highest BCUT2D eigenvalue weighted by Gasteiger charge is 2.39. The summed E-state index contributed by atoms with van der Waals surface area (Å²) < 4.78 is 24.7. The Morgan fingerprint density at radius 3 is 2.62 bits per heavy atom. The van der Waals surface area contributed by atoms with Crippen molar-refractivity contribution in [1.82, 2.24) is 9.88 Å². The van der Waals surface area contributed by atoms with Gasteiger partial charge in [-0.15, -0.1) is 0 Å². The van der Waals surface area contributed by atoms with Crippen molar-refractivity contribution in [3.05, 3.63) is 53.6 Å². The minimum atomic E-state index is -0.865. The molecule has 2 heterocycles. The van der Waals surface area contributed by atoms with E-state index in [9.17, 15) is 14.3 Å². The largest absolute Gasteiger partial charge is 0.493 e. The first-order chi connectivity index (χ1) is 12.5. The predicted octanol–water partition coefficient (Wildman–Crippen LogP) is 2.54. The van der Waals surface area contributed by atoms with Crippen molar-refractivity contribution in [3.8, 4) is 11.5 Å². The van der Waals surface area contributed by atoms with Crippen molar-refractivity contribution in [1.29, 1.82) is 0 Å². The fourth-order valence-electron chi connectivity index (χ4n) is 3.42. The molecule has 0 radical (unpaired) electrons. The minimum absolute atomic E-state index is 0.225. The quantitative estimate of drug-likeness (QED) is 0.854. The Kier molecular flexibility index (Phi) is 5.37. The average molecular weight is 360 g/mol. The number of aliphatic carboxylic acids is 1. The van der Waals surface area contributed by atoms with Crippen molar-refractivity contribution < 1.29 is 23.8 Å². The summed E-state index contributed by atoms with van der Waals surface area (Å²) in [7, 11) is 2.94. The molecular formula is C19H21FN2O4. The highest BCUT2D eigenvalue weighted by molar-refractivity contribution is 5.72. The molecule has 6 nitrogen and oxygen atoms in total. The standard InChI is InChI=1S/C19H21FN2O4/c1-25-17-7-12(15(20)8-18(17)26-2)9-22-10-13(14(11-22)19(23)24)16-5-3-4-6-21-16/h3-8,13-14H,9-11H2,1-2H3,(H,23,24)/t13-,14-/m0/s1. The second-order valence-corrected chi connectivity index (χ2v) is 6.30. The molecule has 1 aliphatic rings. The van der Waals surface area contributed by atoms with Gasteiger partial charge >= 0.3 is 5.97 Å². The third-order valence-corrected chi connectivity index (χ3v) is 4.73. The average Bonchev–Trinajstić information content (AvgIpc) is 3.08. The van der Waals surface area contributed by atoms with Crippen LogP contribution in [0.3, 0.4) is 0 Å². The lowest BCUT2D eigenvalue weighted by atomic mass is 9.93. The molecule has 138 valence electrons. The molecule has 1 aliphatic heterocycles. The summed E-state index contributed by atoms with van der Waals surface area (Å²) in [6.07, 6.45) is 1.66. The van der Waals surface area contributed by atoms with Gasteiger partial charge in [0.1, 0.15) is 5.82 Å². The first-order valence-corrected chi connectivity index (χ1v) is 8.30. The molecule has 0 unspecified atom stereocenters. The number of aromatic nitrogens is 1. The lowest BCUT2D eigenvalue weighted by Crippen LogP contribution is -2.23. The fourth-order valence-corrected chi connectivity index (χ4v) is 3.42. The number of halogens is 1. The van der Waals surface area contributed by atoms with Crippen LogP contribution in [0.4, 0.5) is 4.39 Å². The minimum Gasteiger partial charge on any atom is -0.493 e. The van der Waals surface area contributed by atoms with Gasteiger partial charge in [0, 0.05) is 49.1 Å². The van der Waals surface area contributed by atoms with Crippen LogP contribution in [0.25, 0.3) is 0 Å². The molecule has 7 heteroatoms. The molecule has 0 spiro atoms. The Labute approximate surface area is 151 Å². The van der Waals surface area contributed by atoms with Gasteiger partial charge in [0.05, 0.1) is 20.1 Å². The monoisotopic (exact) mass is 360 g/mol. The third-order valence-electron chi connectivity index (χ3n) is 4.73. The predicted molar refractivity (Wildman–Crippen MR) is 92.9 cm³/mol. The van der Waals surface area contributed by atoms with Crippen LogP contribution in [0.15, 0.2) is 36.5 Å². The molecule has 2 atom stereocenters. The zero-order chi connectivity index (χ0) is 18.7. The second kappa shape index (κ2) is 7.70. The molecular weight excluding hydrogens is 339 g/mol. The maximum atomic E-state index is 14.4. The van der Waals surface area contributed by atoms with Crippen molar-refractivity contribution in [2.24, 2.45) is 5.92 Å². The van der Waals surface area contributed by atoms with Gasteiger partial charge in [-0.25, -0.2) is 4.39 Å². The Morgan fingerprint density at radius 2 is 2.00 bits per heavy atom. The first kappa shape index (κ1) is 18.1. The van der Waals surface area contributed by atoms with Crippen molar-refractivity contribution in [3.63, 3.8) is 0 Å². The number of hydrogen-bond acceptors (Lipinski definition) is 5. The fraction of sp³-hybridized carbons (Fsp3) is 0.368. The van der Waals surface area contributed by atoms with E-state index in [4.69, 9.17) is 9.47 Å². The normalized spacial score (nSPS) is 20.1. The van der Waals surface area contributed by atoms with Gasteiger partial charge in [0.2, 0.25) is 0 Å². The molecule has 0 saturated carbocycles. The van der Waals surface area contributed by atoms with E-state index in [-0.39, 0.29) is 5.92 Å². The molecule has 1 N–H and O–H groups in total. The van der Waals surface area contributed by atoms with Gasteiger partial charge in [0.25, 0.3) is 0 Å². The molecule has 0 bridgehead atoms. The molecule has 0 aliphatic carbocycles. The second-order valence-electron chi connectivity index (χ2n) is 6.30. The highest BCUT2D eigenvalue weighted by Crippen LogP contribution is 2.35. The topological polar surface area (TPSA) is 71.9 Å². The summed E-state index contributed by atoms with van der Waals surface area (Å²) >= 11 is 0. The zero-order valence-electron chi connectivity index (χ0n) is 14.7. The number of methoxy groups -OCH3 is 2. The van der Waals surface area contributed by atoms with Gasteiger partial charge in [-0.2, -0.15) is 0 Å². The Bertz CT molecular complexity index is 785. The molecule has 26 heavy (non-hydrogen) atoms. The Balaban J connectivity index is 1.82. The van der Waals surface area contributed by atoms with Crippen molar-refractivity contribution >= 4 is 5.97 Å². The van der Waals surface area contributed by atoms with E-state index in [0.29, 0.717) is 36.7 Å². The van der Waals surface area contributed by atoms with Crippen LogP contribution >= 0.6 is 0 Å². The summed E-state index contributed by atoms with van der Waals surface area (Å²) in [6, 6.07) is 8.36. The summed E-state index contributed by atoms with van der Waals surface area (Å²) in [4.78, 5) is 17.9. The summed E-state index contributed by atoms with van der Waals surface area (Å²) in [5.74, 6) is -1.30. The number of ether oxygens (including phenoxy) is 2. The number of likely N-dealkylation sites (tertiary alicyclic amines) is 1. The summed E-state index contributed by atoms with van der Waals surface area (Å²) in [6.45, 7) is 1.13. The van der Waals surface area contributed by atoms with Crippen LogP contribution in [0.2, 0.25) is 0 Å². The lowest BCUT2D eigenvalue weighted by Gasteiger charge is -2.18. The number of nitrogens with zero attached hydrogens (tertiary/aromatic N) is 2. The van der Waals surface area contributed by atoms with Crippen LogP contribution < -0.4 is 9.47 Å². The molecule has 0 amide bonds. The van der Waals surface area contributed by atoms with Gasteiger partial charge in [-0.1, -0.05) is 6.07 Å². The molecule has 1 aromatic carbocycles. The maximum Gasteiger partial charge on any atom is 0.308 e. The van der Waals surface area contributed by atoms with Crippen LogP contribution in [0.1, 0.15) is 17.2 Å². The van der Waals surface area contributed by atoms with Gasteiger partial charge in [-0.05, 0) is 18.2 Å². The third kappa shape index (κ3) is 3.62. The van der Waals surface area contributed by atoms with E-state index in [1.54, 1.807) is 18.3 Å². The number of carboxylic acids is 1. The molecule has 1 aromatic heterocycles. The Hall–Kier alpha value is -2.67. The lowest BCUT2D eigenvalue weighted by molar-refractivity contribution is -0.141. The van der Waals surface area contributed by atoms with Crippen LogP contribution in [0, 0.1) is 11.7 Å². The van der Waals surface area contributed by atoms with E-state index < -0.39 is 17.7 Å². The van der Waals surface area contributed by atoms with Crippen molar-refractivity contribution in [2.45, 2.75) is 12.5 Å². The van der Waals surface area contributed by atoms with E-state index in [2.05, 4.69) is 4.98 Å². The van der Waals surface area contributed by atoms with Gasteiger partial charge < -0.3 is 14.6 Å². The van der Waals surface area contributed by atoms with Gasteiger partial charge in [-0.3, -0.25) is 14.7 Å². The molecule has 2 aromatic rings. The van der Waals surface area contributed by atoms with Crippen molar-refractivity contribution in [2.75, 3.05) is 27.3 Å². The molecule has 3 rings (SSSR count). The summed E-state index contributed by atoms with van der Waals surface area (Å²) in [5, 5.41) is 9.57. The number of hydrogen-bond donors (Lipinski definition) is 1. The van der Waals surface area contributed by atoms with Crippen LogP contribution in [0.5, 0.6) is 11.5 Å². The zero-order valence-corrected chi connectivity index (χ0v) is 14.7. The summed E-state index contributed by atoms with van der Waals surface area (Å²) in [5.41, 5.74) is 1.18. The highest BCUT2D eigenvalue weighted by atomic mass is 19.1. The number of carbonyl (C=O) groups is 1. The van der Waals surface area contributed by atoms with E-state index in [0.717, 1.165) is 5.69 Å². The van der Waals surface area contributed by atoms with E-state index >= 15 is 0 Å². The Morgan fingerprint density at radius 1 is 1.27 bits per heavy atom.